The summed E-state index contributed by atoms with van der Waals surface area (Å²) in [6.45, 7) is 0. The zero-order valence-electron chi connectivity index (χ0n) is 10.0. The lowest BCUT2D eigenvalue weighted by Crippen LogP contribution is -2.40. The Hall–Kier alpha value is -2.37. The van der Waals surface area contributed by atoms with Crippen molar-refractivity contribution in [3.63, 3.8) is 0 Å². The minimum Gasteiger partial charge on any atom is -0.478 e. The van der Waals surface area contributed by atoms with Crippen LogP contribution in [0.25, 0.3) is 11.0 Å². The molecule has 6 nitrogen and oxygen atoms in total. The van der Waals surface area contributed by atoms with E-state index in [9.17, 15) is 19.5 Å². The molecule has 0 bridgehead atoms. The van der Waals surface area contributed by atoms with Crippen LogP contribution < -0.4 is 11.1 Å². The number of nitrogens with zero attached hydrogens (tertiary/aromatic N) is 1. The molecule has 1 fully saturated rings. The van der Waals surface area contributed by atoms with Crippen molar-refractivity contribution in [2.45, 2.75) is 25.3 Å². The van der Waals surface area contributed by atoms with Crippen LogP contribution in [-0.4, -0.2) is 20.6 Å². The number of para-hydroxylation sites is 1. The first-order valence-corrected chi connectivity index (χ1v) is 6.10. The Kier molecular flexibility index (Phi) is 2.51. The van der Waals surface area contributed by atoms with E-state index in [-0.39, 0.29) is 11.6 Å². The fourth-order valence-electron chi connectivity index (χ4n) is 2.46. The number of aromatic nitrogens is 2. The second kappa shape index (κ2) is 4.08. The molecule has 1 aliphatic rings. The number of H-pyrrole nitrogens is 1. The molecule has 1 aliphatic carbocycles. The highest BCUT2D eigenvalue weighted by Crippen LogP contribution is 2.32. The average Bonchev–Trinajstić information content (AvgIpc) is 2.31. The van der Waals surface area contributed by atoms with E-state index >= 15 is 0 Å². The van der Waals surface area contributed by atoms with Crippen LogP contribution in [-0.2, 0) is 0 Å². The molecule has 0 aliphatic heterocycles. The predicted molar refractivity (Wildman–Crippen MR) is 68.7 cm³/mol. The zero-order chi connectivity index (χ0) is 13.6. The van der Waals surface area contributed by atoms with Gasteiger partial charge < -0.3 is 10.1 Å². The number of carboxylic acids is 1. The van der Waals surface area contributed by atoms with E-state index in [2.05, 4.69) is 4.98 Å². The van der Waals surface area contributed by atoms with Crippen LogP contribution in [0.5, 0.6) is 0 Å². The molecule has 0 radical (unpaired) electrons. The number of fused-ring (bicyclic) bond motifs is 1. The molecule has 1 aromatic heterocycles. The number of hydrogen-bond donors (Lipinski definition) is 2. The number of aromatic carboxylic acids is 1. The van der Waals surface area contributed by atoms with E-state index in [1.807, 2.05) is 0 Å². The fraction of sp³-hybridized carbons (Fsp3) is 0.308. The highest BCUT2D eigenvalue weighted by Gasteiger charge is 2.25. The largest absolute Gasteiger partial charge is 0.478 e. The summed E-state index contributed by atoms with van der Waals surface area (Å²) in [6.07, 6.45) is 2.58. The van der Waals surface area contributed by atoms with Crippen molar-refractivity contribution < 1.29 is 9.90 Å². The molecular formula is C13H12N2O4. The molecule has 19 heavy (non-hydrogen) atoms. The van der Waals surface area contributed by atoms with Gasteiger partial charge in [-0.05, 0) is 31.4 Å². The van der Waals surface area contributed by atoms with Crippen molar-refractivity contribution in [3.8, 4) is 0 Å². The molecule has 0 saturated heterocycles. The van der Waals surface area contributed by atoms with E-state index in [4.69, 9.17) is 0 Å². The number of nitrogens with one attached hydrogen (secondary N) is 1. The van der Waals surface area contributed by atoms with Crippen LogP contribution in [0.1, 0.15) is 35.7 Å². The Morgan fingerprint density at radius 3 is 2.63 bits per heavy atom. The molecular weight excluding hydrogens is 248 g/mol. The standard InChI is InChI=1S/C13H12N2O4/c16-11-12(17)15(7-3-1-4-7)10-8(13(18)19)5-2-6-9(10)14-11/h2,5-7H,1,3-4H2,(H,14,16)(H,18,19). The molecule has 0 amide bonds. The van der Waals surface area contributed by atoms with Gasteiger partial charge in [-0.3, -0.25) is 14.2 Å². The van der Waals surface area contributed by atoms with Crippen molar-refractivity contribution in [1.29, 1.82) is 0 Å². The van der Waals surface area contributed by atoms with Gasteiger partial charge in [0.05, 0.1) is 16.6 Å². The first-order valence-electron chi connectivity index (χ1n) is 6.10. The maximum absolute atomic E-state index is 12.0. The zero-order valence-corrected chi connectivity index (χ0v) is 10.0. The number of aromatic amines is 1. The van der Waals surface area contributed by atoms with Crippen molar-refractivity contribution in [1.82, 2.24) is 9.55 Å². The Morgan fingerprint density at radius 2 is 2.05 bits per heavy atom. The van der Waals surface area contributed by atoms with Gasteiger partial charge in [-0.25, -0.2) is 4.79 Å². The lowest BCUT2D eigenvalue weighted by Gasteiger charge is -2.29. The Bertz CT molecular complexity index is 783. The van der Waals surface area contributed by atoms with Crippen molar-refractivity contribution in [2.24, 2.45) is 0 Å². The fourth-order valence-corrected chi connectivity index (χ4v) is 2.46. The van der Waals surface area contributed by atoms with Gasteiger partial charge in [0.15, 0.2) is 0 Å². The van der Waals surface area contributed by atoms with E-state index in [0.29, 0.717) is 11.0 Å². The molecule has 2 N–H and O–H groups in total. The third-order valence-electron chi connectivity index (χ3n) is 3.61. The summed E-state index contributed by atoms with van der Waals surface area (Å²) in [5, 5.41) is 9.23. The molecule has 0 unspecified atom stereocenters. The number of carbonyl (C=O) groups is 1. The van der Waals surface area contributed by atoms with Crippen LogP contribution in [0.4, 0.5) is 0 Å². The van der Waals surface area contributed by atoms with Gasteiger partial charge >= 0.3 is 17.1 Å². The molecule has 1 heterocycles. The minimum atomic E-state index is -1.11. The van der Waals surface area contributed by atoms with E-state index in [0.717, 1.165) is 19.3 Å². The van der Waals surface area contributed by atoms with Gasteiger partial charge in [-0.15, -0.1) is 0 Å². The van der Waals surface area contributed by atoms with E-state index in [1.54, 1.807) is 12.1 Å². The lowest BCUT2D eigenvalue weighted by molar-refractivity contribution is 0.0698. The summed E-state index contributed by atoms with van der Waals surface area (Å²) in [4.78, 5) is 37.4. The van der Waals surface area contributed by atoms with Gasteiger partial charge in [0.2, 0.25) is 0 Å². The number of benzene rings is 1. The van der Waals surface area contributed by atoms with Gasteiger partial charge in [0, 0.05) is 6.04 Å². The van der Waals surface area contributed by atoms with Gasteiger partial charge in [-0.1, -0.05) is 6.07 Å². The summed E-state index contributed by atoms with van der Waals surface area (Å²) in [5.74, 6) is -1.11. The molecule has 0 spiro atoms. The monoisotopic (exact) mass is 260 g/mol. The summed E-state index contributed by atoms with van der Waals surface area (Å²) in [6, 6.07) is 4.53. The molecule has 1 aromatic carbocycles. The molecule has 0 atom stereocenters. The van der Waals surface area contributed by atoms with Crippen LogP contribution in [0.15, 0.2) is 27.8 Å². The van der Waals surface area contributed by atoms with Crippen LogP contribution in [0, 0.1) is 0 Å². The van der Waals surface area contributed by atoms with E-state index < -0.39 is 17.1 Å². The maximum atomic E-state index is 12.0. The summed E-state index contributed by atoms with van der Waals surface area (Å²) in [5.41, 5.74) is -0.647. The number of rotatable bonds is 2. The second-order valence-corrected chi connectivity index (χ2v) is 4.72. The third-order valence-corrected chi connectivity index (χ3v) is 3.61. The van der Waals surface area contributed by atoms with Crippen LogP contribution in [0.2, 0.25) is 0 Å². The number of hydrogen-bond acceptors (Lipinski definition) is 3. The molecule has 6 heteroatoms. The molecule has 2 aromatic rings. The van der Waals surface area contributed by atoms with Crippen LogP contribution in [0.3, 0.4) is 0 Å². The predicted octanol–water partition coefficient (Wildman–Crippen LogP) is 1.11. The third kappa shape index (κ3) is 1.68. The normalized spacial score (nSPS) is 15.4. The van der Waals surface area contributed by atoms with Crippen molar-refractivity contribution in [3.05, 3.63) is 44.5 Å². The molecule has 1 saturated carbocycles. The Morgan fingerprint density at radius 1 is 1.32 bits per heavy atom. The maximum Gasteiger partial charge on any atom is 0.337 e. The first kappa shape index (κ1) is 11.7. The average molecular weight is 260 g/mol. The smallest absolute Gasteiger partial charge is 0.337 e. The highest BCUT2D eigenvalue weighted by molar-refractivity contribution is 6.00. The second-order valence-electron chi connectivity index (χ2n) is 4.72. The first-order chi connectivity index (χ1) is 9.09. The summed E-state index contributed by atoms with van der Waals surface area (Å²) >= 11 is 0. The van der Waals surface area contributed by atoms with Gasteiger partial charge in [0.25, 0.3) is 0 Å². The van der Waals surface area contributed by atoms with Gasteiger partial charge in [-0.2, -0.15) is 0 Å². The SMILES string of the molecule is O=C(O)c1cccc2[nH]c(=O)c(=O)n(C3CCC3)c12. The van der Waals surface area contributed by atoms with E-state index in [1.165, 1.54) is 10.6 Å². The summed E-state index contributed by atoms with van der Waals surface area (Å²) in [7, 11) is 0. The molecule has 98 valence electrons. The van der Waals surface area contributed by atoms with Gasteiger partial charge in [0.1, 0.15) is 0 Å². The topological polar surface area (TPSA) is 92.2 Å². The quantitative estimate of drug-likeness (QED) is 0.791. The minimum absolute atomic E-state index is 0.0396. The Balaban J connectivity index is 2.48. The lowest BCUT2D eigenvalue weighted by atomic mass is 9.92. The summed E-state index contributed by atoms with van der Waals surface area (Å²) < 4.78 is 1.35. The number of carboxylic acid groups (broad SMARTS) is 1. The van der Waals surface area contributed by atoms with Crippen LogP contribution >= 0.6 is 0 Å². The van der Waals surface area contributed by atoms with Crippen molar-refractivity contribution in [2.75, 3.05) is 0 Å². The molecule has 3 rings (SSSR count). The highest BCUT2D eigenvalue weighted by atomic mass is 16.4. The Labute approximate surface area is 107 Å². The van der Waals surface area contributed by atoms with Crippen molar-refractivity contribution >= 4 is 17.0 Å².